The van der Waals surface area contributed by atoms with Crippen molar-refractivity contribution >= 4 is 17.5 Å². The van der Waals surface area contributed by atoms with Gasteiger partial charge in [-0.05, 0) is 11.6 Å². The van der Waals surface area contributed by atoms with E-state index in [2.05, 4.69) is 11.6 Å². The average molecular weight is 412 g/mol. The lowest BCUT2D eigenvalue weighted by Gasteiger charge is -2.23. The van der Waals surface area contributed by atoms with E-state index in [-0.39, 0.29) is 6.54 Å². The van der Waals surface area contributed by atoms with Gasteiger partial charge >= 0.3 is 12.1 Å². The number of benzene rings is 1. The van der Waals surface area contributed by atoms with Gasteiger partial charge in [-0.3, -0.25) is 0 Å². The maximum Gasteiger partial charge on any atom is 0.490 e. The van der Waals surface area contributed by atoms with Crippen molar-refractivity contribution in [2.75, 3.05) is 18.1 Å². The van der Waals surface area contributed by atoms with Crippen molar-refractivity contribution in [2.24, 2.45) is 5.73 Å². The molecule has 0 saturated carbocycles. The highest BCUT2D eigenvalue weighted by Gasteiger charge is 2.38. The van der Waals surface area contributed by atoms with Crippen LogP contribution in [0.25, 0.3) is 0 Å². The van der Waals surface area contributed by atoms with E-state index >= 15 is 0 Å². The SMILES string of the molecule is C=CCOc1ccc2c(c1)Oc1nc(N)c(CN)c(N)c1C2.O=C(O)C(F)(F)F. The molecule has 8 nitrogen and oxygen atoms in total. The number of hydrogen-bond donors (Lipinski definition) is 4. The Morgan fingerprint density at radius 1 is 1.38 bits per heavy atom. The van der Waals surface area contributed by atoms with E-state index in [9.17, 15) is 13.2 Å². The minimum Gasteiger partial charge on any atom is -0.489 e. The number of halogens is 3. The Balaban J connectivity index is 0.000000370. The number of nitrogens with two attached hydrogens (primary N) is 3. The Morgan fingerprint density at radius 3 is 2.59 bits per heavy atom. The first-order valence-corrected chi connectivity index (χ1v) is 8.19. The predicted octanol–water partition coefficient (Wildman–Crippen LogP) is 2.60. The standard InChI is InChI=1S/C16H18N4O2.C2HF3O2/c1-2-5-21-10-4-3-9-6-11-14(18)12(8-17)15(19)20-16(11)22-13(9)7-10;3-2(4,5)1(6)7/h2-4,7H,1,5-6,8,17H2,(H4,18,19,20);(H,6,7). The third-order valence-corrected chi connectivity index (χ3v) is 3.87. The zero-order chi connectivity index (χ0) is 21.8. The Labute approximate surface area is 163 Å². The van der Waals surface area contributed by atoms with E-state index in [4.69, 9.17) is 36.6 Å². The number of anilines is 2. The van der Waals surface area contributed by atoms with E-state index in [1.54, 1.807) is 6.08 Å². The minimum atomic E-state index is -5.08. The number of carbonyl (C=O) groups is 1. The quantitative estimate of drug-likeness (QED) is 0.478. The van der Waals surface area contributed by atoms with Crippen LogP contribution in [0.2, 0.25) is 0 Å². The zero-order valence-electron chi connectivity index (χ0n) is 15.1. The lowest BCUT2D eigenvalue weighted by Crippen LogP contribution is -2.21. The molecular formula is C18H19F3N4O4. The third-order valence-electron chi connectivity index (χ3n) is 3.87. The molecule has 0 aliphatic carbocycles. The zero-order valence-corrected chi connectivity index (χ0v) is 15.1. The maximum atomic E-state index is 10.6. The molecule has 0 unspecified atom stereocenters. The van der Waals surface area contributed by atoms with Gasteiger partial charge in [0.1, 0.15) is 23.9 Å². The van der Waals surface area contributed by atoms with E-state index < -0.39 is 12.1 Å². The molecule has 3 rings (SSSR count). The van der Waals surface area contributed by atoms with Crippen LogP contribution >= 0.6 is 0 Å². The fourth-order valence-electron chi connectivity index (χ4n) is 2.46. The van der Waals surface area contributed by atoms with Crippen LogP contribution in [0.3, 0.4) is 0 Å². The summed E-state index contributed by atoms with van der Waals surface area (Å²) in [6.45, 7) is 4.31. The minimum absolute atomic E-state index is 0.249. The van der Waals surface area contributed by atoms with Gasteiger partial charge in [-0.25, -0.2) is 4.79 Å². The molecule has 1 aromatic heterocycles. The van der Waals surface area contributed by atoms with Gasteiger partial charge in [0.2, 0.25) is 5.88 Å². The van der Waals surface area contributed by atoms with Crippen molar-refractivity contribution in [2.45, 2.75) is 19.1 Å². The number of aromatic nitrogens is 1. The number of pyridine rings is 1. The number of fused-ring (bicyclic) bond motifs is 2. The van der Waals surface area contributed by atoms with Crippen LogP contribution < -0.4 is 26.7 Å². The van der Waals surface area contributed by atoms with E-state index in [1.807, 2.05) is 18.2 Å². The number of hydrogen-bond acceptors (Lipinski definition) is 7. The summed E-state index contributed by atoms with van der Waals surface area (Å²) in [7, 11) is 0. The van der Waals surface area contributed by atoms with Crippen molar-refractivity contribution in [1.29, 1.82) is 0 Å². The number of alkyl halides is 3. The van der Waals surface area contributed by atoms with Crippen LogP contribution in [0.5, 0.6) is 17.4 Å². The number of ether oxygens (including phenoxy) is 2. The summed E-state index contributed by atoms with van der Waals surface area (Å²) in [6.07, 6.45) is -2.77. The van der Waals surface area contributed by atoms with Crippen molar-refractivity contribution in [3.63, 3.8) is 0 Å². The normalized spacial score (nSPS) is 11.9. The second kappa shape index (κ2) is 8.69. The van der Waals surface area contributed by atoms with E-state index in [1.165, 1.54) is 0 Å². The molecule has 29 heavy (non-hydrogen) atoms. The highest BCUT2D eigenvalue weighted by atomic mass is 19.4. The summed E-state index contributed by atoms with van der Waals surface area (Å²) in [5.74, 6) is -0.614. The number of carboxylic acid groups (broad SMARTS) is 1. The van der Waals surface area contributed by atoms with E-state index in [0.717, 1.165) is 11.1 Å². The molecular weight excluding hydrogens is 393 g/mol. The molecule has 0 atom stereocenters. The first kappa shape index (κ1) is 21.8. The smallest absolute Gasteiger partial charge is 0.489 e. The van der Waals surface area contributed by atoms with Crippen molar-refractivity contribution in [3.05, 3.63) is 47.5 Å². The van der Waals surface area contributed by atoms with Crippen LogP contribution in [0, 0.1) is 0 Å². The summed E-state index contributed by atoms with van der Waals surface area (Å²) in [5.41, 5.74) is 20.8. The molecule has 0 fully saturated rings. The summed E-state index contributed by atoms with van der Waals surface area (Å²) >= 11 is 0. The lowest BCUT2D eigenvalue weighted by molar-refractivity contribution is -0.192. The second-order valence-electron chi connectivity index (χ2n) is 5.83. The number of aliphatic carboxylic acids is 1. The molecule has 0 spiro atoms. The summed E-state index contributed by atoms with van der Waals surface area (Å²) in [5, 5.41) is 7.12. The van der Waals surface area contributed by atoms with Crippen molar-refractivity contribution < 1.29 is 32.5 Å². The third kappa shape index (κ3) is 5.08. The topological polar surface area (TPSA) is 147 Å². The lowest BCUT2D eigenvalue weighted by atomic mass is 9.98. The number of rotatable bonds is 4. The van der Waals surface area contributed by atoms with Crippen LogP contribution in [0.15, 0.2) is 30.9 Å². The molecule has 7 N–H and O–H groups in total. The molecule has 0 bridgehead atoms. The maximum absolute atomic E-state index is 10.6. The van der Waals surface area contributed by atoms with Crippen molar-refractivity contribution in [1.82, 2.24) is 4.98 Å². The summed E-state index contributed by atoms with van der Waals surface area (Å²) < 4.78 is 43.1. The van der Waals surface area contributed by atoms with Gasteiger partial charge in [0.15, 0.2) is 0 Å². The Bertz CT molecular complexity index is 932. The first-order chi connectivity index (χ1) is 13.6. The van der Waals surface area contributed by atoms with Crippen LogP contribution in [-0.4, -0.2) is 28.8 Å². The number of nitrogen functional groups attached to an aromatic ring is 2. The van der Waals surface area contributed by atoms with Crippen LogP contribution in [0.4, 0.5) is 24.7 Å². The highest BCUT2D eigenvalue weighted by molar-refractivity contribution is 5.73. The second-order valence-corrected chi connectivity index (χ2v) is 5.83. The first-order valence-electron chi connectivity index (χ1n) is 8.19. The monoisotopic (exact) mass is 412 g/mol. The average Bonchev–Trinajstić information content (AvgIpc) is 2.65. The van der Waals surface area contributed by atoms with Gasteiger partial charge in [0.05, 0.1) is 0 Å². The van der Waals surface area contributed by atoms with Gasteiger partial charge in [-0.2, -0.15) is 18.2 Å². The van der Waals surface area contributed by atoms with Gasteiger partial charge in [-0.1, -0.05) is 18.7 Å². The van der Waals surface area contributed by atoms with Gasteiger partial charge in [-0.15, -0.1) is 0 Å². The molecule has 11 heteroatoms. The molecule has 1 aliphatic rings. The number of nitrogens with zero attached hydrogens (tertiary/aromatic N) is 1. The Morgan fingerprint density at radius 2 is 2.03 bits per heavy atom. The molecule has 2 aromatic rings. The van der Waals surface area contributed by atoms with E-state index in [0.29, 0.717) is 47.5 Å². The Kier molecular flexibility index (Phi) is 6.54. The highest BCUT2D eigenvalue weighted by Crippen LogP contribution is 2.41. The van der Waals surface area contributed by atoms with Crippen LogP contribution in [0.1, 0.15) is 16.7 Å². The molecule has 0 saturated heterocycles. The summed E-state index contributed by atoms with van der Waals surface area (Å²) in [6, 6.07) is 5.67. The molecule has 2 heterocycles. The van der Waals surface area contributed by atoms with Gasteiger partial charge in [0.25, 0.3) is 0 Å². The van der Waals surface area contributed by atoms with Gasteiger partial charge < -0.3 is 31.8 Å². The summed E-state index contributed by atoms with van der Waals surface area (Å²) in [4.78, 5) is 13.2. The Hall–Kier alpha value is -3.47. The van der Waals surface area contributed by atoms with Gasteiger partial charge in [0, 0.05) is 35.8 Å². The fraction of sp³-hybridized carbons (Fsp3) is 0.222. The molecule has 0 amide bonds. The van der Waals surface area contributed by atoms with Crippen LogP contribution in [-0.2, 0) is 17.8 Å². The number of carboxylic acids is 1. The van der Waals surface area contributed by atoms with Crippen molar-refractivity contribution in [3.8, 4) is 17.4 Å². The molecule has 1 aromatic carbocycles. The predicted molar refractivity (Wildman–Crippen MR) is 99.7 cm³/mol. The molecule has 156 valence electrons. The molecule has 0 radical (unpaired) electrons. The fourth-order valence-corrected chi connectivity index (χ4v) is 2.46. The molecule has 1 aliphatic heterocycles. The largest absolute Gasteiger partial charge is 0.490 e.